The molecule has 0 aliphatic carbocycles. The van der Waals surface area contributed by atoms with Gasteiger partial charge >= 0.3 is 217 Å². The van der Waals surface area contributed by atoms with Gasteiger partial charge in [0.1, 0.15) is 0 Å². The van der Waals surface area contributed by atoms with E-state index in [1.807, 2.05) is 0 Å². The quantitative estimate of drug-likeness (QED) is 0.220. The summed E-state index contributed by atoms with van der Waals surface area (Å²) in [5.41, 5.74) is 0. The number of rotatable bonds is 0. The summed E-state index contributed by atoms with van der Waals surface area (Å²) in [7, 11) is 0. The van der Waals surface area contributed by atoms with Crippen LogP contribution in [-0.4, -0.2) is 153 Å². The van der Waals surface area contributed by atoms with Crippen molar-refractivity contribution in [3.63, 3.8) is 0 Å². The number of quaternary nitrogens is 1. The minimum absolute atomic E-state index is 0. The molecule has 0 aliphatic heterocycles. The van der Waals surface area contributed by atoms with E-state index >= 15 is 0 Å². The molecule has 60 N–H and O–H groups in total. The average molecular weight is 1640 g/mol. The molecule has 0 heterocycles. The van der Waals surface area contributed by atoms with Gasteiger partial charge in [-0.1, -0.05) is 0 Å². The molecule has 0 aliphatic rings. The molecule has 0 aromatic rings. The fourth-order valence-electron chi connectivity index (χ4n) is 0. The van der Waals surface area contributed by atoms with Crippen molar-refractivity contribution in [3.05, 3.63) is 0 Å². The zero-order chi connectivity index (χ0) is 31.5. The van der Waals surface area contributed by atoms with Crippen LogP contribution < -0.4 is 58.8 Å². The monoisotopic (exact) mass is 1660 g/mol. The summed E-state index contributed by atoms with van der Waals surface area (Å²) in [6.45, 7) is 0. The maximum atomic E-state index is 8.63. The Hall–Kier alpha value is 0.298. The first-order valence-corrected chi connectivity index (χ1v) is 27.6. The molecule has 64 heteroatoms. The molecule has 0 fully saturated rings. The van der Waals surface area contributed by atoms with E-state index < -0.39 is 117 Å². The molecule has 0 atom stereocenters. The van der Waals surface area contributed by atoms with Crippen molar-refractivity contribution in [1.29, 1.82) is 0 Å². The third kappa shape index (κ3) is 2630000. The Morgan fingerprint density at radius 1 is 0.125 bits per heavy atom. The van der Waals surface area contributed by atoms with Crippen LogP contribution in [0.2, 0.25) is 0 Å². The molecule has 0 bridgehead atoms. The summed E-state index contributed by atoms with van der Waals surface area (Å²) in [6.07, 6.45) is 0. The van der Waals surface area contributed by atoms with Gasteiger partial charge in [0.2, 0.25) is 0 Å². The van der Waals surface area contributed by atoms with E-state index in [1.165, 1.54) is 0 Å². The van der Waals surface area contributed by atoms with Crippen molar-refractivity contribution in [1.82, 2.24) is 6.15 Å². The Kier molecular flexibility index (Phi) is 690. The van der Waals surface area contributed by atoms with Gasteiger partial charge in [0.05, 0.1) is 0 Å². The van der Waals surface area contributed by atoms with Gasteiger partial charge in [-0.2, -0.15) is 0 Å². The van der Waals surface area contributed by atoms with Gasteiger partial charge in [-0.15, -0.1) is 0 Å². The molecule has 0 aromatic carbocycles. The molecule has 0 amide bonds. The molecular formula is H60Mo7NO56-13. The van der Waals surface area contributed by atoms with Gasteiger partial charge in [0, 0.05) is 0 Å². The van der Waals surface area contributed by atoms with E-state index in [0.29, 0.717) is 0 Å². The fourth-order valence-corrected chi connectivity index (χ4v) is 0. The van der Waals surface area contributed by atoms with Crippen molar-refractivity contribution in [2.45, 2.75) is 0 Å². The van der Waals surface area contributed by atoms with Crippen molar-refractivity contribution >= 4 is 0 Å². The molecule has 57 nitrogen and oxygen atoms in total. The summed E-state index contributed by atoms with van der Waals surface area (Å²) in [6, 6.07) is 0. The Bertz CT molecular complexity index is 916. The third-order valence-corrected chi connectivity index (χ3v) is 0. The first-order valence-electron chi connectivity index (χ1n) is 4.67. The van der Waals surface area contributed by atoms with Crippen LogP contribution in [0.15, 0.2) is 0 Å². The molecular weight excluding hydrogens is 1580 g/mol. The molecule has 64 heavy (non-hydrogen) atoms. The first kappa shape index (κ1) is 322. The standard InChI is InChI=1S/7Mo.H3N.28H2O.28O/h;;;;;;;1H3;28*1H2;;;;;;;;;;;;;;;;;;;;;;;;;;;;/q;;;;;;;;;;;;;;;;;;;;;;;;;;;;;;;;;;;;;;;;;;;;;;;;;;14*-1/p+1. The Balaban J connectivity index is -0.00000000391. The predicted molar refractivity (Wildman–Crippen MR) is 117 cm³/mol. The van der Waals surface area contributed by atoms with Gasteiger partial charge in [-0.3, -0.25) is 0 Å². The summed E-state index contributed by atoms with van der Waals surface area (Å²) < 4.78 is 242. The first-order chi connectivity index (χ1) is 14.0. The van der Waals surface area contributed by atoms with Gasteiger partial charge in [0.15, 0.2) is 0 Å². The number of hydrogen-bond donors (Lipinski definition) is 1. The Labute approximate surface area is 374 Å². The van der Waals surface area contributed by atoms with E-state index in [0.717, 1.165) is 0 Å². The van der Waals surface area contributed by atoms with E-state index in [2.05, 4.69) is 0 Å². The summed E-state index contributed by atoms with van der Waals surface area (Å²) >= 11 is -42.1. The van der Waals surface area contributed by atoms with E-state index in [1.54, 1.807) is 0 Å². The molecule has 0 rings (SSSR count). The van der Waals surface area contributed by atoms with E-state index in [4.69, 9.17) is 100 Å². The fraction of sp³-hybridized carbons (Fsp3) is 0. The molecule has 0 saturated heterocycles. The number of hydrogen-bond acceptors (Lipinski definition) is 28. The van der Waals surface area contributed by atoms with Gasteiger partial charge < -0.3 is 159 Å². The molecule has 456 valence electrons. The van der Waals surface area contributed by atoms with Crippen molar-refractivity contribution in [2.75, 3.05) is 0 Å². The van der Waals surface area contributed by atoms with E-state index in [9.17, 15) is 0 Å². The van der Waals surface area contributed by atoms with Crippen molar-refractivity contribution in [2.24, 2.45) is 0 Å². The average Bonchev–Trinajstić information content (AvgIpc) is 2.06. The second kappa shape index (κ2) is 137. The Morgan fingerprint density at radius 3 is 0.125 bits per heavy atom. The zero-order valence-electron chi connectivity index (χ0n) is 29.3. The minimum atomic E-state index is -6.02. The van der Waals surface area contributed by atoms with Crippen LogP contribution in [0.4, 0.5) is 0 Å². The van der Waals surface area contributed by atoms with E-state index in [-0.39, 0.29) is 159 Å². The van der Waals surface area contributed by atoms with Crippen LogP contribution >= 0.6 is 0 Å². The summed E-state index contributed by atoms with van der Waals surface area (Å²) in [4.78, 5) is 0. The second-order valence-electron chi connectivity index (χ2n) is 2.86. The van der Waals surface area contributed by atoms with Crippen LogP contribution in [0.1, 0.15) is 0 Å². The maximum absolute atomic E-state index is 8.63. The SMILES string of the molecule is O.O.O.O.O.O.O.O.O.O.O.O.O.O.O.O.O.O.O.O.O.O.O.O.O.O.O.O.[NH4+].[O]=[Mo](=[O])([O-])[O-].[O]=[Mo](=[O])([O-])[O-].[O]=[Mo](=[O])([O-])[O-].[O]=[Mo](=[O])([O-])[O-].[O]=[Mo](=[O])([O-])[O-].[O]=[Mo](=[O])([O-])[O-].[O]=[Mo](=[O])([O-])[O-]. The topological polar surface area (TPSA) is 1480 Å². The van der Waals surface area contributed by atoms with Gasteiger partial charge in [-0.05, 0) is 0 Å². The van der Waals surface area contributed by atoms with Crippen molar-refractivity contribution in [3.8, 4) is 0 Å². The Morgan fingerprint density at radius 2 is 0.125 bits per heavy atom. The van der Waals surface area contributed by atoms with Crippen LogP contribution in [-0.2, 0) is 165 Å². The molecule has 0 saturated carbocycles. The van der Waals surface area contributed by atoms with Crippen LogP contribution in [0.5, 0.6) is 0 Å². The molecule has 0 unspecified atom stereocenters. The summed E-state index contributed by atoms with van der Waals surface area (Å²) in [5, 5.41) is 0. The molecule has 0 spiro atoms. The van der Waals surface area contributed by atoms with Gasteiger partial charge in [-0.25, -0.2) is 0 Å². The molecule has 0 aromatic heterocycles. The normalized spacial score (nSPS) is 6.34. The predicted octanol–water partition coefficient (Wildman–Crippen LogP) is -41.0. The van der Waals surface area contributed by atoms with Crippen LogP contribution in [0, 0.1) is 0 Å². The van der Waals surface area contributed by atoms with Crippen molar-refractivity contribution < 1.29 is 371 Å². The third-order valence-electron chi connectivity index (χ3n) is 0. The van der Waals surface area contributed by atoms with Gasteiger partial charge in [0.25, 0.3) is 0 Å². The van der Waals surface area contributed by atoms with Crippen LogP contribution in [0.25, 0.3) is 0 Å². The second-order valence-corrected chi connectivity index (χ2v) is 16.9. The summed E-state index contributed by atoms with van der Waals surface area (Å²) in [5.74, 6) is 0. The molecule has 0 radical (unpaired) electrons. The van der Waals surface area contributed by atoms with Crippen LogP contribution in [0.3, 0.4) is 0 Å². The zero-order valence-corrected chi connectivity index (χ0v) is 43.3.